The van der Waals surface area contributed by atoms with Gasteiger partial charge in [-0.15, -0.1) is 24.2 Å². The standard InChI is InChI=1S/C25H20BrClN4S.ClH/c1-31-13-12-29-23(22-10-5-19(26)14-24(22)31)11-9-21-8-4-18(15-28)25(30-21)32-16-17-2-6-20(27)7-3-17;/h2-11,14H,12-13,16H2,1H3;1H/b11-9+;. The van der Waals surface area contributed by atoms with E-state index >= 15 is 0 Å². The summed E-state index contributed by atoms with van der Waals surface area (Å²) in [7, 11) is 2.08. The van der Waals surface area contributed by atoms with E-state index in [1.54, 1.807) is 11.8 Å². The highest BCUT2D eigenvalue weighted by atomic mass is 79.9. The van der Waals surface area contributed by atoms with Crippen molar-refractivity contribution in [2.45, 2.75) is 10.8 Å². The highest BCUT2D eigenvalue weighted by molar-refractivity contribution is 9.10. The highest BCUT2D eigenvalue weighted by Crippen LogP contribution is 2.28. The summed E-state index contributed by atoms with van der Waals surface area (Å²) >= 11 is 11.1. The monoisotopic (exact) mass is 558 g/mol. The van der Waals surface area contributed by atoms with Gasteiger partial charge in [0.1, 0.15) is 11.1 Å². The van der Waals surface area contributed by atoms with Crippen LogP contribution in [0.25, 0.3) is 6.08 Å². The number of likely N-dealkylation sites (N-methyl/N-ethyl adjacent to an activating group) is 1. The number of nitriles is 1. The Labute approximate surface area is 217 Å². The third-order valence-electron chi connectivity index (χ3n) is 5.07. The Morgan fingerprint density at radius 3 is 2.70 bits per heavy atom. The average molecular weight is 560 g/mol. The first-order chi connectivity index (χ1) is 15.5. The molecule has 4 rings (SSSR count). The maximum Gasteiger partial charge on any atom is 0.115 e. The minimum Gasteiger partial charge on any atom is -0.372 e. The van der Waals surface area contributed by atoms with Gasteiger partial charge in [-0.05, 0) is 60.2 Å². The number of hydrogen-bond acceptors (Lipinski definition) is 5. The number of fused-ring (bicyclic) bond motifs is 1. The molecule has 1 aliphatic heterocycles. The Hall–Kier alpha value is -2.30. The number of anilines is 1. The molecule has 168 valence electrons. The minimum atomic E-state index is 0. The van der Waals surface area contributed by atoms with Crippen molar-refractivity contribution >= 4 is 69.2 Å². The van der Waals surface area contributed by atoms with Gasteiger partial charge in [0.25, 0.3) is 0 Å². The average Bonchev–Trinajstić information content (AvgIpc) is 2.95. The first-order valence-corrected chi connectivity index (χ1v) is 12.2. The third kappa shape index (κ3) is 6.39. The lowest BCUT2D eigenvalue weighted by atomic mass is 10.1. The molecule has 0 N–H and O–H groups in total. The molecular formula is C25H21BrCl2N4S. The smallest absolute Gasteiger partial charge is 0.115 e. The summed E-state index contributed by atoms with van der Waals surface area (Å²) < 4.78 is 1.05. The van der Waals surface area contributed by atoms with Crippen LogP contribution in [0.5, 0.6) is 0 Å². The van der Waals surface area contributed by atoms with Crippen molar-refractivity contribution in [3.05, 3.63) is 92.6 Å². The van der Waals surface area contributed by atoms with E-state index in [1.165, 1.54) is 0 Å². The van der Waals surface area contributed by atoms with Crippen molar-refractivity contribution in [1.82, 2.24) is 4.98 Å². The van der Waals surface area contributed by atoms with E-state index in [4.69, 9.17) is 21.6 Å². The van der Waals surface area contributed by atoms with Gasteiger partial charge in [0, 0.05) is 40.1 Å². The lowest BCUT2D eigenvalue weighted by Gasteiger charge is -2.19. The van der Waals surface area contributed by atoms with Gasteiger partial charge < -0.3 is 4.90 Å². The Bertz CT molecular complexity index is 1240. The minimum absolute atomic E-state index is 0. The van der Waals surface area contributed by atoms with E-state index in [1.807, 2.05) is 54.6 Å². The summed E-state index contributed by atoms with van der Waals surface area (Å²) in [6, 6.07) is 19.9. The van der Waals surface area contributed by atoms with Crippen LogP contribution < -0.4 is 4.90 Å². The van der Waals surface area contributed by atoms with Gasteiger partial charge in [0.05, 0.1) is 23.5 Å². The Balaban J connectivity index is 0.00000306. The van der Waals surface area contributed by atoms with E-state index in [-0.39, 0.29) is 12.4 Å². The molecule has 0 aliphatic carbocycles. The zero-order valence-electron chi connectivity index (χ0n) is 17.8. The number of rotatable bonds is 5. The molecular weight excluding hydrogens is 539 g/mol. The number of pyridine rings is 1. The first kappa shape index (κ1) is 25.3. The van der Waals surface area contributed by atoms with Gasteiger partial charge in [-0.2, -0.15) is 5.26 Å². The molecule has 0 bridgehead atoms. The Morgan fingerprint density at radius 2 is 1.94 bits per heavy atom. The number of hydrogen-bond donors (Lipinski definition) is 0. The summed E-state index contributed by atoms with van der Waals surface area (Å²) in [5, 5.41) is 10.9. The van der Waals surface area contributed by atoms with Crippen LogP contribution in [0, 0.1) is 11.3 Å². The number of aliphatic imine (C=N–C) groups is 1. The summed E-state index contributed by atoms with van der Waals surface area (Å²) in [6.07, 6.45) is 3.97. The molecule has 1 aliphatic rings. The fourth-order valence-corrected chi connectivity index (χ4v) is 4.76. The largest absolute Gasteiger partial charge is 0.372 e. The molecule has 2 aromatic carbocycles. The number of nitrogens with zero attached hydrogens (tertiary/aromatic N) is 4. The molecule has 0 saturated carbocycles. The zero-order chi connectivity index (χ0) is 22.5. The predicted octanol–water partition coefficient (Wildman–Crippen LogP) is 7.04. The fourth-order valence-electron chi connectivity index (χ4n) is 3.35. The van der Waals surface area contributed by atoms with E-state index in [9.17, 15) is 5.26 Å². The molecule has 33 heavy (non-hydrogen) atoms. The second-order valence-electron chi connectivity index (χ2n) is 7.30. The zero-order valence-corrected chi connectivity index (χ0v) is 21.8. The number of benzene rings is 2. The number of allylic oxidation sites excluding steroid dienone is 1. The van der Waals surface area contributed by atoms with Crippen LogP contribution in [0.1, 0.15) is 22.4 Å². The molecule has 4 nitrogen and oxygen atoms in total. The molecule has 3 aromatic rings. The van der Waals surface area contributed by atoms with Crippen LogP contribution >= 0.6 is 51.7 Å². The summed E-state index contributed by atoms with van der Waals surface area (Å²) in [6.45, 7) is 1.59. The molecule has 8 heteroatoms. The van der Waals surface area contributed by atoms with Gasteiger partial charge in [0.15, 0.2) is 0 Å². The van der Waals surface area contributed by atoms with Gasteiger partial charge in [-0.1, -0.05) is 39.7 Å². The molecule has 0 amide bonds. The molecule has 0 spiro atoms. The molecule has 0 saturated heterocycles. The molecule has 0 unspecified atom stereocenters. The van der Waals surface area contributed by atoms with Crippen molar-refractivity contribution in [2.75, 3.05) is 25.0 Å². The van der Waals surface area contributed by atoms with E-state index in [0.717, 1.165) is 50.8 Å². The maximum absolute atomic E-state index is 9.50. The van der Waals surface area contributed by atoms with Gasteiger partial charge in [-0.3, -0.25) is 4.99 Å². The summed E-state index contributed by atoms with van der Waals surface area (Å²) in [5.41, 5.74) is 5.66. The van der Waals surface area contributed by atoms with Crippen LogP contribution in [0.15, 0.2) is 75.2 Å². The molecule has 2 heterocycles. The summed E-state index contributed by atoms with van der Waals surface area (Å²) in [5.74, 6) is 0.716. The second-order valence-corrected chi connectivity index (χ2v) is 9.62. The van der Waals surface area contributed by atoms with E-state index in [0.29, 0.717) is 16.3 Å². The quantitative estimate of drug-likeness (QED) is 0.315. The molecule has 0 fully saturated rings. The SMILES string of the molecule is CN1CCN=C(/C=C/c2ccc(C#N)c(SCc3ccc(Cl)cc3)n2)c2ccc(Br)cc21.Cl. The molecule has 0 atom stereocenters. The van der Waals surface area contributed by atoms with Crippen LogP contribution in [-0.2, 0) is 5.75 Å². The first-order valence-electron chi connectivity index (χ1n) is 10.1. The lowest BCUT2D eigenvalue weighted by molar-refractivity contribution is 0.896. The maximum atomic E-state index is 9.50. The Morgan fingerprint density at radius 1 is 1.15 bits per heavy atom. The fraction of sp³-hybridized carbons (Fsp3) is 0.160. The van der Waals surface area contributed by atoms with Crippen LogP contribution in [0.2, 0.25) is 5.02 Å². The topological polar surface area (TPSA) is 52.3 Å². The number of thioether (sulfide) groups is 1. The van der Waals surface area contributed by atoms with Crippen LogP contribution in [0.3, 0.4) is 0 Å². The third-order valence-corrected chi connectivity index (χ3v) is 6.88. The highest BCUT2D eigenvalue weighted by Gasteiger charge is 2.15. The van der Waals surface area contributed by atoms with E-state index < -0.39 is 0 Å². The predicted molar refractivity (Wildman–Crippen MR) is 145 cm³/mol. The van der Waals surface area contributed by atoms with E-state index in [2.05, 4.69) is 46.1 Å². The second kappa shape index (κ2) is 11.7. The summed E-state index contributed by atoms with van der Waals surface area (Å²) in [4.78, 5) is 11.7. The molecule has 0 radical (unpaired) electrons. The number of benzodiazepines with no additional fused rings is 1. The van der Waals surface area contributed by atoms with Gasteiger partial charge in [0.2, 0.25) is 0 Å². The number of halogens is 3. The Kier molecular flexibility index (Phi) is 8.99. The molecule has 1 aromatic heterocycles. The van der Waals surface area contributed by atoms with Crippen molar-refractivity contribution in [3.63, 3.8) is 0 Å². The normalized spacial score (nSPS) is 13.0. The lowest BCUT2D eigenvalue weighted by Crippen LogP contribution is -2.20. The van der Waals surface area contributed by atoms with Crippen LogP contribution in [-0.4, -0.2) is 30.8 Å². The van der Waals surface area contributed by atoms with Crippen LogP contribution in [0.4, 0.5) is 5.69 Å². The van der Waals surface area contributed by atoms with Crippen molar-refractivity contribution in [3.8, 4) is 6.07 Å². The van der Waals surface area contributed by atoms with Crippen molar-refractivity contribution < 1.29 is 0 Å². The number of aromatic nitrogens is 1. The van der Waals surface area contributed by atoms with Crippen molar-refractivity contribution in [2.24, 2.45) is 4.99 Å². The van der Waals surface area contributed by atoms with Gasteiger partial charge in [-0.25, -0.2) is 4.98 Å². The van der Waals surface area contributed by atoms with Gasteiger partial charge >= 0.3 is 0 Å². The van der Waals surface area contributed by atoms with Crippen molar-refractivity contribution in [1.29, 1.82) is 5.26 Å².